The zero-order chi connectivity index (χ0) is 15.4. The summed E-state index contributed by atoms with van der Waals surface area (Å²) < 4.78 is 0.843. The average Bonchev–Trinajstić information content (AvgIpc) is 3.15. The van der Waals surface area contributed by atoms with E-state index in [1.807, 2.05) is 6.07 Å². The summed E-state index contributed by atoms with van der Waals surface area (Å²) >= 11 is 7.55. The zero-order valence-electron chi connectivity index (χ0n) is 12.4. The van der Waals surface area contributed by atoms with Crippen LogP contribution < -0.4 is 5.32 Å². The molecule has 1 aliphatic carbocycles. The number of carbonyl (C=O) groups is 1. The van der Waals surface area contributed by atoms with E-state index in [2.05, 4.69) is 21.4 Å². The van der Waals surface area contributed by atoms with Crippen molar-refractivity contribution in [3.8, 4) is 0 Å². The third-order valence-corrected chi connectivity index (χ3v) is 5.39. The molecule has 0 fully saturated rings. The maximum absolute atomic E-state index is 12.3. The van der Waals surface area contributed by atoms with Gasteiger partial charge in [-0.25, -0.2) is 4.98 Å². The second-order valence-corrected chi connectivity index (χ2v) is 7.46. The van der Waals surface area contributed by atoms with Gasteiger partial charge in [0.2, 0.25) is 5.91 Å². The molecule has 2 heterocycles. The lowest BCUT2D eigenvalue weighted by atomic mass is 9.89. The monoisotopic (exact) mass is 337 g/mol. The summed E-state index contributed by atoms with van der Waals surface area (Å²) in [5, 5.41) is 3.06. The molecule has 2 N–H and O–H groups in total. The molecule has 0 spiro atoms. The van der Waals surface area contributed by atoms with Crippen LogP contribution in [0.25, 0.3) is 0 Å². The first-order valence-electron chi connectivity index (χ1n) is 7.78. The smallest absolute Gasteiger partial charge is 0.229 e. The van der Waals surface area contributed by atoms with Gasteiger partial charge in [0.15, 0.2) is 0 Å². The molecule has 0 aliphatic heterocycles. The summed E-state index contributed by atoms with van der Waals surface area (Å²) in [6.45, 7) is 0.730. The van der Waals surface area contributed by atoms with Crippen molar-refractivity contribution in [3.05, 3.63) is 39.1 Å². The Balaban J connectivity index is 1.40. The summed E-state index contributed by atoms with van der Waals surface area (Å²) in [4.78, 5) is 21.1. The van der Waals surface area contributed by atoms with E-state index in [1.165, 1.54) is 4.88 Å². The molecule has 1 unspecified atom stereocenters. The van der Waals surface area contributed by atoms with Gasteiger partial charge in [-0.1, -0.05) is 11.6 Å². The van der Waals surface area contributed by atoms with E-state index in [0.717, 1.165) is 60.8 Å². The second kappa shape index (κ2) is 7.29. The highest BCUT2D eigenvalue weighted by molar-refractivity contribution is 7.16. The number of aromatic amines is 1. The molecular formula is C16H20ClN3OS. The SMILES string of the molecule is O=C(NCCCCc1ccc(Cl)s1)C1CCCc2[nH]cnc21. The Morgan fingerprint density at radius 2 is 2.36 bits per heavy atom. The number of fused-ring (bicyclic) bond motifs is 1. The summed E-state index contributed by atoms with van der Waals surface area (Å²) in [6.07, 6.45) is 7.73. The Kier molecular flexibility index (Phi) is 5.16. The van der Waals surface area contributed by atoms with Crippen LogP contribution in [0.15, 0.2) is 18.5 Å². The molecular weight excluding hydrogens is 318 g/mol. The molecule has 118 valence electrons. The minimum Gasteiger partial charge on any atom is -0.356 e. The van der Waals surface area contributed by atoms with Crippen LogP contribution in [0.3, 0.4) is 0 Å². The quantitative estimate of drug-likeness (QED) is 0.790. The number of hydrogen-bond donors (Lipinski definition) is 2. The van der Waals surface area contributed by atoms with Gasteiger partial charge in [0, 0.05) is 17.1 Å². The third kappa shape index (κ3) is 3.70. The van der Waals surface area contributed by atoms with Crippen LogP contribution in [-0.4, -0.2) is 22.4 Å². The number of H-pyrrole nitrogens is 1. The van der Waals surface area contributed by atoms with Crippen molar-refractivity contribution in [2.24, 2.45) is 0 Å². The van der Waals surface area contributed by atoms with Crippen molar-refractivity contribution in [2.75, 3.05) is 6.54 Å². The van der Waals surface area contributed by atoms with Crippen LogP contribution in [0, 0.1) is 0 Å². The van der Waals surface area contributed by atoms with E-state index in [0.29, 0.717) is 0 Å². The fraction of sp³-hybridized carbons (Fsp3) is 0.500. The minimum absolute atomic E-state index is 0.0777. The molecule has 0 radical (unpaired) electrons. The molecule has 22 heavy (non-hydrogen) atoms. The first kappa shape index (κ1) is 15.6. The maximum Gasteiger partial charge on any atom is 0.229 e. The summed E-state index contributed by atoms with van der Waals surface area (Å²) in [6, 6.07) is 4.01. The predicted molar refractivity (Wildman–Crippen MR) is 89.5 cm³/mol. The molecule has 6 heteroatoms. The van der Waals surface area contributed by atoms with E-state index in [9.17, 15) is 4.79 Å². The largest absolute Gasteiger partial charge is 0.356 e. The number of nitrogens with zero attached hydrogens (tertiary/aromatic N) is 1. The maximum atomic E-state index is 12.3. The van der Waals surface area contributed by atoms with Gasteiger partial charge in [0.05, 0.1) is 22.3 Å². The second-order valence-electron chi connectivity index (χ2n) is 5.67. The molecule has 1 amide bonds. The molecule has 1 aliphatic rings. The number of nitrogens with one attached hydrogen (secondary N) is 2. The van der Waals surface area contributed by atoms with Gasteiger partial charge in [-0.05, 0) is 50.7 Å². The van der Waals surface area contributed by atoms with Crippen LogP contribution in [0.1, 0.15) is 47.9 Å². The van der Waals surface area contributed by atoms with Gasteiger partial charge >= 0.3 is 0 Å². The van der Waals surface area contributed by atoms with Gasteiger partial charge < -0.3 is 10.3 Å². The number of hydrogen-bond acceptors (Lipinski definition) is 3. The molecule has 1 atom stereocenters. The van der Waals surface area contributed by atoms with Crippen molar-refractivity contribution >= 4 is 28.8 Å². The molecule has 0 bridgehead atoms. The number of aryl methyl sites for hydroxylation is 2. The molecule has 3 rings (SSSR count). The number of amides is 1. The number of imidazole rings is 1. The molecule has 2 aromatic heterocycles. The number of thiophene rings is 1. The molecule has 0 aromatic carbocycles. The number of unbranched alkanes of at least 4 members (excludes halogenated alkanes) is 1. The number of rotatable bonds is 6. The van der Waals surface area contributed by atoms with Crippen molar-refractivity contribution in [1.29, 1.82) is 0 Å². The average molecular weight is 338 g/mol. The standard InChI is InChI=1S/C16H20ClN3OS/c17-14-8-7-11(22-14)4-1-2-9-18-16(21)12-5-3-6-13-15(12)20-10-19-13/h7-8,10,12H,1-6,9H2,(H,18,21)(H,19,20). The number of aromatic nitrogens is 2. The predicted octanol–water partition coefficient (Wildman–Crippen LogP) is 3.68. The van der Waals surface area contributed by atoms with E-state index < -0.39 is 0 Å². The first-order chi connectivity index (χ1) is 10.7. The lowest BCUT2D eigenvalue weighted by Gasteiger charge is -2.20. The Hall–Kier alpha value is -1.33. The van der Waals surface area contributed by atoms with Crippen LogP contribution in [0.2, 0.25) is 4.34 Å². The van der Waals surface area contributed by atoms with Crippen molar-refractivity contribution in [2.45, 2.75) is 44.4 Å². The van der Waals surface area contributed by atoms with Crippen LogP contribution in [0.4, 0.5) is 0 Å². The number of halogens is 1. The van der Waals surface area contributed by atoms with Crippen LogP contribution in [0.5, 0.6) is 0 Å². The fourth-order valence-electron chi connectivity index (χ4n) is 2.95. The van der Waals surface area contributed by atoms with E-state index in [-0.39, 0.29) is 11.8 Å². The zero-order valence-corrected chi connectivity index (χ0v) is 14.0. The van der Waals surface area contributed by atoms with E-state index in [1.54, 1.807) is 17.7 Å². The molecule has 2 aromatic rings. The highest BCUT2D eigenvalue weighted by Gasteiger charge is 2.28. The molecule has 4 nitrogen and oxygen atoms in total. The van der Waals surface area contributed by atoms with Gasteiger partial charge in [-0.3, -0.25) is 4.79 Å². The van der Waals surface area contributed by atoms with Gasteiger partial charge in [0.25, 0.3) is 0 Å². The van der Waals surface area contributed by atoms with Crippen LogP contribution in [-0.2, 0) is 17.6 Å². The summed E-state index contributed by atoms with van der Waals surface area (Å²) in [7, 11) is 0. The van der Waals surface area contributed by atoms with Crippen molar-refractivity contribution in [1.82, 2.24) is 15.3 Å². The van der Waals surface area contributed by atoms with Crippen LogP contribution >= 0.6 is 22.9 Å². The summed E-state index contributed by atoms with van der Waals surface area (Å²) in [5.41, 5.74) is 2.07. The van der Waals surface area contributed by atoms with E-state index in [4.69, 9.17) is 11.6 Å². The van der Waals surface area contributed by atoms with Gasteiger partial charge in [0.1, 0.15) is 0 Å². The Bertz CT molecular complexity index is 637. The highest BCUT2D eigenvalue weighted by atomic mass is 35.5. The van der Waals surface area contributed by atoms with Gasteiger partial charge in [-0.15, -0.1) is 11.3 Å². The third-order valence-electron chi connectivity index (χ3n) is 4.10. The van der Waals surface area contributed by atoms with Crippen molar-refractivity contribution < 1.29 is 4.79 Å². The minimum atomic E-state index is -0.0777. The summed E-state index contributed by atoms with van der Waals surface area (Å²) in [5.74, 6) is 0.0401. The van der Waals surface area contributed by atoms with Crippen molar-refractivity contribution in [3.63, 3.8) is 0 Å². The lowest BCUT2D eigenvalue weighted by molar-refractivity contribution is -0.122. The normalized spacial score (nSPS) is 17.2. The lowest BCUT2D eigenvalue weighted by Crippen LogP contribution is -2.32. The molecule has 0 saturated heterocycles. The number of carbonyl (C=O) groups excluding carboxylic acids is 1. The Morgan fingerprint density at radius 3 is 3.18 bits per heavy atom. The Morgan fingerprint density at radius 1 is 1.45 bits per heavy atom. The Labute approximate surface area is 139 Å². The molecule has 0 saturated carbocycles. The van der Waals surface area contributed by atoms with E-state index >= 15 is 0 Å². The fourth-order valence-corrected chi connectivity index (χ4v) is 4.08. The van der Waals surface area contributed by atoms with Gasteiger partial charge in [-0.2, -0.15) is 0 Å². The topological polar surface area (TPSA) is 57.8 Å². The highest BCUT2D eigenvalue weighted by Crippen LogP contribution is 2.29. The first-order valence-corrected chi connectivity index (χ1v) is 8.97.